The molecule has 0 heterocycles. The molecular formula is C12H25N3O3. The van der Waals surface area contributed by atoms with Crippen LogP contribution in [0, 0.1) is 5.92 Å². The third kappa shape index (κ3) is 5.35. The number of nitrogens with zero attached hydrogens (tertiary/aromatic N) is 1. The van der Waals surface area contributed by atoms with Crippen molar-refractivity contribution < 1.29 is 14.7 Å². The third-order valence-corrected chi connectivity index (χ3v) is 3.39. The van der Waals surface area contributed by atoms with Crippen molar-refractivity contribution in [3.05, 3.63) is 0 Å². The molecule has 6 heteroatoms. The lowest BCUT2D eigenvalue weighted by Crippen LogP contribution is -2.52. The highest BCUT2D eigenvalue weighted by Gasteiger charge is 2.23. The molecule has 0 radical (unpaired) electrons. The van der Waals surface area contributed by atoms with Gasteiger partial charge in [-0.15, -0.1) is 0 Å². The van der Waals surface area contributed by atoms with E-state index in [1.165, 1.54) is 0 Å². The fourth-order valence-corrected chi connectivity index (χ4v) is 1.05. The topological polar surface area (TPSA) is 81.7 Å². The van der Waals surface area contributed by atoms with Gasteiger partial charge in [-0.25, -0.2) is 4.79 Å². The molecule has 0 aliphatic carbocycles. The predicted octanol–water partition coefficient (Wildman–Crippen LogP) is 0.735. The second kappa shape index (κ2) is 6.58. The summed E-state index contributed by atoms with van der Waals surface area (Å²) in [7, 11) is 3.88. The van der Waals surface area contributed by atoms with Crippen molar-refractivity contribution in [1.82, 2.24) is 15.5 Å². The van der Waals surface area contributed by atoms with E-state index in [1.54, 1.807) is 13.8 Å². The van der Waals surface area contributed by atoms with Crippen LogP contribution in [-0.2, 0) is 4.79 Å². The molecule has 0 aromatic heterocycles. The molecule has 3 N–H and O–H groups in total. The molecule has 2 amide bonds. The molecule has 0 spiro atoms. The fraction of sp³-hybridized carbons (Fsp3) is 0.833. The number of hydrogen-bond acceptors (Lipinski definition) is 3. The number of likely N-dealkylation sites (N-methyl/N-ethyl adjacent to an activating group) is 1. The zero-order chi connectivity index (χ0) is 14.5. The molecule has 0 aromatic rings. The molecule has 6 nitrogen and oxygen atoms in total. The summed E-state index contributed by atoms with van der Waals surface area (Å²) in [4.78, 5) is 24.4. The minimum absolute atomic E-state index is 0.154. The molecule has 0 rings (SSSR count). The molecule has 0 bridgehead atoms. The number of nitrogens with one attached hydrogen (secondary N) is 2. The van der Waals surface area contributed by atoms with Crippen molar-refractivity contribution in [1.29, 1.82) is 0 Å². The monoisotopic (exact) mass is 259 g/mol. The molecule has 2 unspecified atom stereocenters. The maximum absolute atomic E-state index is 11.6. The number of rotatable bonds is 6. The lowest BCUT2D eigenvalue weighted by molar-refractivity contribution is -0.141. The molecule has 0 saturated heterocycles. The SMILES string of the molecule is CC(NC(=O)NCC(C)(C)N(C)C)C(C)C(=O)O. The normalized spacial score (nSPS) is 15.1. The lowest BCUT2D eigenvalue weighted by atomic mass is 10.0. The minimum atomic E-state index is -0.920. The van der Waals surface area contributed by atoms with Crippen LogP contribution >= 0.6 is 0 Å². The van der Waals surface area contributed by atoms with Gasteiger partial charge in [-0.05, 0) is 41.8 Å². The first kappa shape index (κ1) is 16.7. The average molecular weight is 259 g/mol. The lowest BCUT2D eigenvalue weighted by Gasteiger charge is -2.32. The Kier molecular flexibility index (Phi) is 6.11. The van der Waals surface area contributed by atoms with Crippen LogP contribution < -0.4 is 10.6 Å². The number of carboxylic acids is 1. The molecule has 0 aromatic carbocycles. The summed E-state index contributed by atoms with van der Waals surface area (Å²) in [6, 6.07) is -0.754. The second-order valence-electron chi connectivity index (χ2n) is 5.45. The molecule has 106 valence electrons. The first-order chi connectivity index (χ1) is 8.08. The summed E-state index contributed by atoms with van der Waals surface area (Å²) in [5.41, 5.74) is -0.154. The number of aliphatic carboxylic acids is 1. The molecule has 18 heavy (non-hydrogen) atoms. The van der Waals surface area contributed by atoms with E-state index >= 15 is 0 Å². The van der Waals surface area contributed by atoms with Crippen molar-refractivity contribution >= 4 is 12.0 Å². The highest BCUT2D eigenvalue weighted by molar-refractivity contribution is 5.76. The van der Waals surface area contributed by atoms with E-state index in [1.807, 2.05) is 32.8 Å². The van der Waals surface area contributed by atoms with Gasteiger partial charge in [0.25, 0.3) is 0 Å². The summed E-state index contributed by atoms with van der Waals surface area (Å²) in [5.74, 6) is -1.53. The number of amides is 2. The van der Waals surface area contributed by atoms with Gasteiger partial charge in [0.1, 0.15) is 0 Å². The number of carbonyl (C=O) groups is 2. The zero-order valence-electron chi connectivity index (χ0n) is 12.1. The molecule has 2 atom stereocenters. The van der Waals surface area contributed by atoms with Crippen molar-refractivity contribution in [2.24, 2.45) is 5.92 Å². The zero-order valence-corrected chi connectivity index (χ0v) is 12.1. The van der Waals surface area contributed by atoms with Gasteiger partial charge in [0, 0.05) is 18.1 Å². The summed E-state index contributed by atoms with van der Waals surface area (Å²) < 4.78 is 0. The largest absolute Gasteiger partial charge is 0.481 e. The van der Waals surface area contributed by atoms with Crippen LogP contribution in [0.4, 0.5) is 4.79 Å². The molecule has 0 aliphatic heterocycles. The number of urea groups is 1. The summed E-state index contributed by atoms with van der Waals surface area (Å²) >= 11 is 0. The first-order valence-electron chi connectivity index (χ1n) is 6.02. The van der Waals surface area contributed by atoms with E-state index in [9.17, 15) is 9.59 Å². The molecule has 0 saturated carbocycles. The first-order valence-corrected chi connectivity index (χ1v) is 6.02. The predicted molar refractivity (Wildman–Crippen MR) is 70.6 cm³/mol. The van der Waals surface area contributed by atoms with Gasteiger partial charge in [-0.2, -0.15) is 0 Å². The Labute approximate surface area is 109 Å². The van der Waals surface area contributed by atoms with E-state index in [4.69, 9.17) is 5.11 Å². The number of carbonyl (C=O) groups excluding carboxylic acids is 1. The van der Waals surface area contributed by atoms with Crippen LogP contribution in [0.3, 0.4) is 0 Å². The van der Waals surface area contributed by atoms with Crippen LogP contribution in [0.25, 0.3) is 0 Å². The smallest absolute Gasteiger partial charge is 0.315 e. The van der Waals surface area contributed by atoms with E-state index in [0.29, 0.717) is 6.54 Å². The van der Waals surface area contributed by atoms with Gasteiger partial charge in [-0.1, -0.05) is 0 Å². The molecular weight excluding hydrogens is 234 g/mol. The van der Waals surface area contributed by atoms with Crippen LogP contribution in [0.5, 0.6) is 0 Å². The Morgan fingerprint density at radius 1 is 1.28 bits per heavy atom. The Morgan fingerprint density at radius 3 is 2.17 bits per heavy atom. The molecule has 0 aliphatic rings. The van der Waals surface area contributed by atoms with E-state index in [2.05, 4.69) is 10.6 Å². The van der Waals surface area contributed by atoms with E-state index in [0.717, 1.165) is 0 Å². The average Bonchev–Trinajstić information content (AvgIpc) is 2.24. The van der Waals surface area contributed by atoms with Crippen LogP contribution in [0.1, 0.15) is 27.7 Å². The quantitative estimate of drug-likeness (QED) is 0.657. The van der Waals surface area contributed by atoms with Gasteiger partial charge in [0.2, 0.25) is 0 Å². The Morgan fingerprint density at radius 2 is 1.78 bits per heavy atom. The van der Waals surface area contributed by atoms with Gasteiger partial charge in [0.15, 0.2) is 0 Å². The number of hydrogen-bond donors (Lipinski definition) is 3. The minimum Gasteiger partial charge on any atom is -0.481 e. The maximum Gasteiger partial charge on any atom is 0.315 e. The van der Waals surface area contributed by atoms with E-state index in [-0.39, 0.29) is 11.6 Å². The Bertz CT molecular complexity index is 303. The maximum atomic E-state index is 11.6. The summed E-state index contributed by atoms with van der Waals surface area (Å²) in [6.45, 7) is 7.75. The summed E-state index contributed by atoms with van der Waals surface area (Å²) in [6.07, 6.45) is 0. The van der Waals surface area contributed by atoms with Crippen molar-refractivity contribution in [3.63, 3.8) is 0 Å². The van der Waals surface area contributed by atoms with Crippen LogP contribution in [0.2, 0.25) is 0 Å². The van der Waals surface area contributed by atoms with Gasteiger partial charge in [0.05, 0.1) is 5.92 Å². The van der Waals surface area contributed by atoms with Crippen molar-refractivity contribution in [3.8, 4) is 0 Å². The highest BCUT2D eigenvalue weighted by atomic mass is 16.4. The standard InChI is InChI=1S/C12H25N3O3/c1-8(10(16)17)9(2)14-11(18)13-7-12(3,4)15(5)6/h8-9H,7H2,1-6H3,(H,16,17)(H2,13,14,18). The third-order valence-electron chi connectivity index (χ3n) is 3.39. The van der Waals surface area contributed by atoms with Crippen LogP contribution in [0.15, 0.2) is 0 Å². The van der Waals surface area contributed by atoms with Gasteiger partial charge >= 0.3 is 12.0 Å². The second-order valence-corrected chi connectivity index (χ2v) is 5.45. The number of carboxylic acid groups (broad SMARTS) is 1. The Hall–Kier alpha value is -1.30. The van der Waals surface area contributed by atoms with Crippen molar-refractivity contribution in [2.75, 3.05) is 20.6 Å². The molecule has 0 fully saturated rings. The van der Waals surface area contributed by atoms with Crippen LogP contribution in [-0.4, -0.2) is 54.2 Å². The van der Waals surface area contributed by atoms with E-state index < -0.39 is 17.9 Å². The van der Waals surface area contributed by atoms with Crippen molar-refractivity contribution in [2.45, 2.75) is 39.3 Å². The summed E-state index contributed by atoms with van der Waals surface area (Å²) in [5, 5.41) is 14.2. The van der Waals surface area contributed by atoms with Gasteiger partial charge < -0.3 is 20.6 Å². The Balaban J connectivity index is 4.17. The fourth-order valence-electron chi connectivity index (χ4n) is 1.05. The van der Waals surface area contributed by atoms with Gasteiger partial charge in [-0.3, -0.25) is 4.79 Å². The highest BCUT2D eigenvalue weighted by Crippen LogP contribution is 2.07.